The van der Waals surface area contributed by atoms with E-state index < -0.39 is 0 Å². The van der Waals surface area contributed by atoms with Crippen LogP contribution in [0.3, 0.4) is 0 Å². The Hall–Kier alpha value is -2.97. The molecule has 4 rings (SSSR count). The second-order valence-corrected chi connectivity index (χ2v) is 8.12. The number of aromatic nitrogens is 4. The van der Waals surface area contributed by atoms with Crippen LogP contribution in [-0.2, 0) is 5.41 Å². The predicted octanol–water partition coefficient (Wildman–Crippen LogP) is 4.55. The van der Waals surface area contributed by atoms with Crippen molar-refractivity contribution in [2.24, 2.45) is 0 Å². The second-order valence-electron chi connectivity index (χ2n) is 7.03. The number of rotatable bonds is 1. The highest BCUT2D eigenvalue weighted by Gasteiger charge is 2.21. The minimum absolute atomic E-state index is 0.0538. The van der Waals surface area contributed by atoms with E-state index in [9.17, 15) is 0 Å². The first-order valence-electron chi connectivity index (χ1n) is 8.37. The molecule has 4 aromatic heterocycles. The molecule has 0 fully saturated rings. The topological polar surface area (TPSA) is 43.1 Å². The summed E-state index contributed by atoms with van der Waals surface area (Å²) in [6.45, 7) is 6.46. The number of imidazole rings is 1. The van der Waals surface area contributed by atoms with E-state index in [1.54, 1.807) is 23.7 Å². The van der Waals surface area contributed by atoms with Gasteiger partial charge in [-0.05, 0) is 24.3 Å². The summed E-state index contributed by atoms with van der Waals surface area (Å²) in [5.74, 6) is 6.38. The Labute approximate surface area is 156 Å². The molecule has 0 aliphatic rings. The van der Waals surface area contributed by atoms with Crippen LogP contribution >= 0.6 is 11.3 Å². The van der Waals surface area contributed by atoms with Crippen LogP contribution in [0.4, 0.5) is 0 Å². The molecule has 4 aromatic rings. The Bertz CT molecular complexity index is 1120. The summed E-state index contributed by atoms with van der Waals surface area (Å²) in [6, 6.07) is 7.93. The van der Waals surface area contributed by atoms with Gasteiger partial charge in [0, 0.05) is 42.0 Å². The fraction of sp³-hybridized carbons (Fsp3) is 0.190. The van der Waals surface area contributed by atoms with Gasteiger partial charge in [-0.25, -0.2) is 4.98 Å². The van der Waals surface area contributed by atoms with Crippen LogP contribution in [-0.4, -0.2) is 19.4 Å². The number of hydrogen-bond acceptors (Lipinski definition) is 4. The molecule has 4 heterocycles. The molecular weight excluding hydrogens is 340 g/mol. The SMILES string of the molecule is CC(C)(C)c1nccn2cc(-c3ccc(C#Cc4ccncc4)s3)nc12. The molecule has 4 nitrogen and oxygen atoms in total. The maximum Gasteiger partial charge on any atom is 0.159 e. The van der Waals surface area contributed by atoms with Crippen molar-refractivity contribution in [3.05, 3.63) is 71.4 Å². The number of nitrogens with zero attached hydrogens (tertiary/aromatic N) is 4. The second kappa shape index (κ2) is 6.40. The van der Waals surface area contributed by atoms with Crippen LogP contribution in [0.25, 0.3) is 16.2 Å². The van der Waals surface area contributed by atoms with E-state index in [4.69, 9.17) is 4.98 Å². The zero-order valence-corrected chi connectivity index (χ0v) is 15.7. The number of hydrogen-bond donors (Lipinski definition) is 0. The van der Waals surface area contributed by atoms with E-state index in [1.165, 1.54) is 0 Å². The lowest BCUT2D eigenvalue weighted by atomic mass is 9.92. The Kier molecular flexibility index (Phi) is 4.06. The molecular formula is C21H18N4S. The maximum atomic E-state index is 4.84. The van der Waals surface area contributed by atoms with Gasteiger partial charge in [0.1, 0.15) is 0 Å². The third kappa shape index (κ3) is 3.24. The largest absolute Gasteiger partial charge is 0.303 e. The highest BCUT2D eigenvalue weighted by atomic mass is 32.1. The van der Waals surface area contributed by atoms with Crippen molar-refractivity contribution in [3.8, 4) is 22.4 Å². The molecule has 0 saturated carbocycles. The third-order valence-electron chi connectivity index (χ3n) is 3.95. The monoisotopic (exact) mass is 358 g/mol. The lowest BCUT2D eigenvalue weighted by Gasteiger charge is -2.17. The highest BCUT2D eigenvalue weighted by Crippen LogP contribution is 2.30. The van der Waals surface area contributed by atoms with Gasteiger partial charge in [-0.1, -0.05) is 32.6 Å². The van der Waals surface area contributed by atoms with E-state index >= 15 is 0 Å². The fourth-order valence-electron chi connectivity index (χ4n) is 2.68. The molecule has 0 amide bonds. The molecule has 0 bridgehead atoms. The van der Waals surface area contributed by atoms with Crippen molar-refractivity contribution in [1.82, 2.24) is 19.4 Å². The van der Waals surface area contributed by atoms with Gasteiger partial charge < -0.3 is 4.40 Å². The van der Waals surface area contributed by atoms with Gasteiger partial charge in [0.15, 0.2) is 5.65 Å². The van der Waals surface area contributed by atoms with E-state index in [0.29, 0.717) is 0 Å². The number of thiophene rings is 1. The van der Waals surface area contributed by atoms with Crippen LogP contribution < -0.4 is 0 Å². The quantitative estimate of drug-likeness (QED) is 0.469. The molecule has 0 aliphatic carbocycles. The summed E-state index contributed by atoms with van der Waals surface area (Å²) < 4.78 is 2.05. The summed E-state index contributed by atoms with van der Waals surface area (Å²) in [6.07, 6.45) is 9.33. The standard InChI is InChI=1S/C21H18N4S/c1-21(2,3)19-20-24-17(14-25(20)13-12-23-19)18-7-6-16(26-18)5-4-15-8-10-22-11-9-15/h6-14H,1-3H3. The van der Waals surface area contributed by atoms with Crippen molar-refractivity contribution < 1.29 is 0 Å². The summed E-state index contributed by atoms with van der Waals surface area (Å²) >= 11 is 1.65. The zero-order valence-electron chi connectivity index (χ0n) is 14.9. The minimum atomic E-state index is -0.0538. The summed E-state index contributed by atoms with van der Waals surface area (Å²) in [7, 11) is 0. The maximum absolute atomic E-state index is 4.84. The van der Waals surface area contributed by atoms with E-state index in [2.05, 4.69) is 54.8 Å². The highest BCUT2D eigenvalue weighted by molar-refractivity contribution is 7.16. The molecule has 0 aliphatic heterocycles. The van der Waals surface area contributed by atoms with Gasteiger partial charge in [-0.15, -0.1) is 11.3 Å². The minimum Gasteiger partial charge on any atom is -0.303 e. The van der Waals surface area contributed by atoms with Crippen LogP contribution in [0.2, 0.25) is 0 Å². The first-order chi connectivity index (χ1) is 12.5. The van der Waals surface area contributed by atoms with E-state index in [0.717, 1.165) is 32.4 Å². The van der Waals surface area contributed by atoms with Gasteiger partial charge in [0.05, 0.1) is 21.1 Å². The normalized spacial score (nSPS) is 11.3. The summed E-state index contributed by atoms with van der Waals surface area (Å²) in [5, 5.41) is 0. The molecule has 0 N–H and O–H groups in total. The summed E-state index contributed by atoms with van der Waals surface area (Å²) in [5.41, 5.74) is 3.77. The first kappa shape index (κ1) is 16.5. The average Bonchev–Trinajstić information content (AvgIpc) is 3.26. The van der Waals surface area contributed by atoms with Gasteiger partial charge >= 0.3 is 0 Å². The molecule has 26 heavy (non-hydrogen) atoms. The Morgan fingerprint density at radius 1 is 1.00 bits per heavy atom. The van der Waals surface area contributed by atoms with Crippen LogP contribution in [0.15, 0.2) is 55.2 Å². The predicted molar refractivity (Wildman–Crippen MR) is 105 cm³/mol. The molecule has 0 saturated heterocycles. The zero-order chi connectivity index (χ0) is 18.1. The molecule has 0 unspecified atom stereocenters. The third-order valence-corrected chi connectivity index (χ3v) is 4.98. The van der Waals surface area contributed by atoms with Crippen LogP contribution in [0.5, 0.6) is 0 Å². The van der Waals surface area contributed by atoms with E-state index in [1.807, 2.05) is 35.0 Å². The molecule has 0 atom stereocenters. The van der Waals surface area contributed by atoms with Crippen molar-refractivity contribution in [1.29, 1.82) is 0 Å². The molecule has 0 aromatic carbocycles. The number of fused-ring (bicyclic) bond motifs is 1. The molecule has 128 valence electrons. The van der Waals surface area contributed by atoms with Gasteiger partial charge in [-0.3, -0.25) is 9.97 Å². The van der Waals surface area contributed by atoms with Gasteiger partial charge in [0.25, 0.3) is 0 Å². The van der Waals surface area contributed by atoms with Gasteiger partial charge in [0.2, 0.25) is 0 Å². The van der Waals surface area contributed by atoms with E-state index in [-0.39, 0.29) is 5.41 Å². The molecule has 0 spiro atoms. The average molecular weight is 358 g/mol. The van der Waals surface area contributed by atoms with Crippen molar-refractivity contribution in [2.75, 3.05) is 0 Å². The first-order valence-corrected chi connectivity index (χ1v) is 9.19. The Morgan fingerprint density at radius 3 is 2.58 bits per heavy atom. The summed E-state index contributed by atoms with van der Waals surface area (Å²) in [4.78, 5) is 15.5. The van der Waals surface area contributed by atoms with Crippen LogP contribution in [0, 0.1) is 11.8 Å². The van der Waals surface area contributed by atoms with Gasteiger partial charge in [-0.2, -0.15) is 0 Å². The smallest absolute Gasteiger partial charge is 0.159 e. The lowest BCUT2D eigenvalue weighted by molar-refractivity contribution is 0.570. The Morgan fingerprint density at radius 2 is 1.81 bits per heavy atom. The van der Waals surface area contributed by atoms with Crippen LogP contribution in [0.1, 0.15) is 36.9 Å². The molecule has 0 radical (unpaired) electrons. The number of pyridine rings is 1. The van der Waals surface area contributed by atoms with Crippen molar-refractivity contribution in [2.45, 2.75) is 26.2 Å². The van der Waals surface area contributed by atoms with Crippen molar-refractivity contribution in [3.63, 3.8) is 0 Å². The Balaban J connectivity index is 1.69. The fourth-order valence-corrected chi connectivity index (χ4v) is 3.49. The lowest BCUT2D eigenvalue weighted by Crippen LogP contribution is -2.15. The molecule has 5 heteroatoms. The van der Waals surface area contributed by atoms with Crippen molar-refractivity contribution >= 4 is 17.0 Å².